The van der Waals surface area contributed by atoms with Gasteiger partial charge in [0.05, 0.1) is 0 Å². The molecule has 13 heavy (non-hydrogen) atoms. The smallest absolute Gasteiger partial charge is 0.156 e. The van der Waals surface area contributed by atoms with Crippen LogP contribution in [0.25, 0.3) is 0 Å². The minimum Gasteiger partial charge on any atom is -0.295 e. The molecule has 0 aliphatic heterocycles. The van der Waals surface area contributed by atoms with Crippen molar-refractivity contribution in [3.63, 3.8) is 0 Å². The first-order valence-corrected chi connectivity index (χ1v) is 5.55. The Morgan fingerprint density at radius 3 is 3.15 bits per heavy atom. The first-order chi connectivity index (χ1) is 6.31. The van der Waals surface area contributed by atoms with Crippen LogP contribution in [0.15, 0.2) is 11.6 Å². The lowest BCUT2D eigenvalue weighted by molar-refractivity contribution is -0.116. The Hall–Kier alpha value is -0.590. The molecule has 0 N–H and O–H groups in total. The Labute approximate surface area is 79.2 Å². The second-order valence-electron chi connectivity index (χ2n) is 4.95. The molecule has 3 rings (SSSR count). The van der Waals surface area contributed by atoms with Crippen molar-refractivity contribution in [1.82, 2.24) is 0 Å². The van der Waals surface area contributed by atoms with Gasteiger partial charge in [0.2, 0.25) is 0 Å². The van der Waals surface area contributed by atoms with E-state index in [2.05, 4.69) is 0 Å². The van der Waals surface area contributed by atoms with Gasteiger partial charge in [-0.05, 0) is 37.7 Å². The molecule has 0 bridgehead atoms. The predicted octanol–water partition coefficient (Wildman–Crippen LogP) is 2.86. The minimum atomic E-state index is 0.384. The Kier molecular flexibility index (Phi) is 1.47. The summed E-state index contributed by atoms with van der Waals surface area (Å²) in [7, 11) is 0. The van der Waals surface area contributed by atoms with Gasteiger partial charge in [-0.25, -0.2) is 0 Å². The van der Waals surface area contributed by atoms with E-state index in [1.165, 1.54) is 44.1 Å². The van der Waals surface area contributed by atoms with Crippen LogP contribution in [0.2, 0.25) is 0 Å². The third kappa shape index (κ3) is 0.905. The van der Waals surface area contributed by atoms with Crippen LogP contribution >= 0.6 is 0 Å². The zero-order chi connectivity index (χ0) is 8.89. The molecule has 2 atom stereocenters. The Balaban J connectivity index is 2.02. The van der Waals surface area contributed by atoms with Crippen LogP contribution in [-0.2, 0) is 4.79 Å². The van der Waals surface area contributed by atoms with Crippen LogP contribution in [-0.4, -0.2) is 5.78 Å². The van der Waals surface area contributed by atoms with Gasteiger partial charge in [-0.15, -0.1) is 0 Å². The highest BCUT2D eigenvalue weighted by molar-refractivity contribution is 5.94. The van der Waals surface area contributed by atoms with E-state index in [1.54, 1.807) is 0 Å². The molecule has 0 aromatic carbocycles. The summed E-state index contributed by atoms with van der Waals surface area (Å²) in [6.07, 6.45) is 10.8. The maximum Gasteiger partial charge on any atom is 0.156 e. The number of allylic oxidation sites excluding steroid dienone is 2. The summed E-state index contributed by atoms with van der Waals surface area (Å²) in [5.41, 5.74) is 1.90. The van der Waals surface area contributed by atoms with Crippen molar-refractivity contribution >= 4 is 5.78 Å². The van der Waals surface area contributed by atoms with Crippen LogP contribution in [0.4, 0.5) is 0 Å². The second kappa shape index (κ2) is 2.46. The van der Waals surface area contributed by atoms with Crippen LogP contribution in [0.1, 0.15) is 44.9 Å². The maximum absolute atomic E-state index is 11.4. The number of hydrogen-bond donors (Lipinski definition) is 0. The number of carbonyl (C=O) groups excluding carboxylic acids is 1. The highest BCUT2D eigenvalue weighted by Gasteiger charge is 2.51. The van der Waals surface area contributed by atoms with E-state index >= 15 is 0 Å². The van der Waals surface area contributed by atoms with Crippen molar-refractivity contribution in [2.24, 2.45) is 11.3 Å². The van der Waals surface area contributed by atoms with Crippen LogP contribution in [0.3, 0.4) is 0 Å². The molecule has 0 radical (unpaired) electrons. The average molecular weight is 176 g/mol. The van der Waals surface area contributed by atoms with Crippen LogP contribution in [0.5, 0.6) is 0 Å². The van der Waals surface area contributed by atoms with Crippen molar-refractivity contribution in [2.75, 3.05) is 0 Å². The molecule has 1 spiro atoms. The summed E-state index contributed by atoms with van der Waals surface area (Å²) in [4.78, 5) is 11.4. The van der Waals surface area contributed by atoms with Gasteiger partial charge in [-0.1, -0.05) is 18.4 Å². The van der Waals surface area contributed by atoms with E-state index < -0.39 is 0 Å². The predicted molar refractivity (Wildman–Crippen MR) is 51.3 cm³/mol. The van der Waals surface area contributed by atoms with Gasteiger partial charge in [0.1, 0.15) is 0 Å². The molecule has 1 nitrogen and oxygen atoms in total. The lowest BCUT2D eigenvalue weighted by Crippen LogP contribution is -2.29. The zero-order valence-electron chi connectivity index (χ0n) is 8.01. The summed E-state index contributed by atoms with van der Waals surface area (Å²) >= 11 is 0. The zero-order valence-corrected chi connectivity index (χ0v) is 8.01. The highest BCUT2D eigenvalue weighted by atomic mass is 16.1. The maximum atomic E-state index is 11.4. The summed E-state index contributed by atoms with van der Waals surface area (Å²) in [6, 6.07) is 0. The Bertz CT molecular complexity index is 289. The topological polar surface area (TPSA) is 17.1 Å². The normalized spacial score (nSPS) is 42.9. The van der Waals surface area contributed by atoms with Crippen molar-refractivity contribution < 1.29 is 4.79 Å². The number of ketones is 1. The molecule has 2 saturated carbocycles. The number of hydrogen-bond acceptors (Lipinski definition) is 1. The number of rotatable bonds is 0. The van der Waals surface area contributed by atoms with Crippen molar-refractivity contribution in [3.05, 3.63) is 11.6 Å². The second-order valence-corrected chi connectivity index (χ2v) is 4.95. The van der Waals surface area contributed by atoms with E-state index in [0.29, 0.717) is 11.2 Å². The SMILES string of the molecule is O=C1C=C2CC[C@H]3CCCC[C@@]23C1. The minimum absolute atomic E-state index is 0.384. The first-order valence-electron chi connectivity index (χ1n) is 5.55. The molecule has 0 saturated heterocycles. The fourth-order valence-electron chi connectivity index (χ4n) is 3.85. The van der Waals surface area contributed by atoms with Crippen LogP contribution in [0, 0.1) is 11.3 Å². The van der Waals surface area contributed by atoms with Gasteiger partial charge >= 0.3 is 0 Å². The molecule has 3 aliphatic rings. The summed E-state index contributed by atoms with van der Waals surface area (Å²) < 4.78 is 0. The molecular weight excluding hydrogens is 160 g/mol. The summed E-state index contributed by atoms with van der Waals surface area (Å²) in [5.74, 6) is 1.26. The van der Waals surface area contributed by atoms with Gasteiger partial charge in [-0.3, -0.25) is 4.79 Å². The molecule has 1 heteroatoms. The Morgan fingerprint density at radius 2 is 2.23 bits per heavy atom. The number of carbonyl (C=O) groups is 1. The largest absolute Gasteiger partial charge is 0.295 e. The molecule has 0 heterocycles. The third-order valence-electron chi connectivity index (χ3n) is 4.43. The van der Waals surface area contributed by atoms with Crippen molar-refractivity contribution in [2.45, 2.75) is 44.9 Å². The third-order valence-corrected chi connectivity index (χ3v) is 4.43. The van der Waals surface area contributed by atoms with Gasteiger partial charge in [0, 0.05) is 11.8 Å². The first kappa shape index (κ1) is 7.78. The fourth-order valence-corrected chi connectivity index (χ4v) is 3.85. The van der Waals surface area contributed by atoms with Gasteiger partial charge in [-0.2, -0.15) is 0 Å². The van der Waals surface area contributed by atoms with E-state index in [9.17, 15) is 4.79 Å². The van der Waals surface area contributed by atoms with E-state index in [-0.39, 0.29) is 0 Å². The quantitative estimate of drug-likeness (QED) is 0.554. The van der Waals surface area contributed by atoms with E-state index in [4.69, 9.17) is 0 Å². The van der Waals surface area contributed by atoms with Crippen molar-refractivity contribution in [1.29, 1.82) is 0 Å². The molecule has 0 aromatic heterocycles. The van der Waals surface area contributed by atoms with Gasteiger partial charge in [0.25, 0.3) is 0 Å². The molecule has 2 fully saturated rings. The van der Waals surface area contributed by atoms with E-state index in [0.717, 1.165) is 12.3 Å². The monoisotopic (exact) mass is 176 g/mol. The van der Waals surface area contributed by atoms with E-state index in [1.807, 2.05) is 6.08 Å². The highest BCUT2D eigenvalue weighted by Crippen LogP contribution is 2.59. The fraction of sp³-hybridized carbons (Fsp3) is 0.750. The lowest BCUT2D eigenvalue weighted by Gasteiger charge is -2.37. The van der Waals surface area contributed by atoms with Crippen LogP contribution < -0.4 is 0 Å². The Morgan fingerprint density at radius 1 is 1.31 bits per heavy atom. The molecule has 0 unspecified atom stereocenters. The summed E-state index contributed by atoms with van der Waals surface area (Å²) in [6.45, 7) is 0. The van der Waals surface area contributed by atoms with Gasteiger partial charge < -0.3 is 0 Å². The standard InChI is InChI=1S/C12H16O/c13-11-7-10-5-4-9-3-1-2-6-12(9,10)8-11/h7,9H,1-6,8H2/t9-,12+/m1/s1. The van der Waals surface area contributed by atoms with Crippen molar-refractivity contribution in [3.8, 4) is 0 Å². The lowest BCUT2D eigenvalue weighted by atomic mass is 9.66. The van der Waals surface area contributed by atoms with Gasteiger partial charge in [0.15, 0.2) is 5.78 Å². The molecule has 0 amide bonds. The molecule has 3 aliphatic carbocycles. The average Bonchev–Trinajstić information content (AvgIpc) is 2.57. The molecule has 70 valence electrons. The molecular formula is C12H16O. The summed E-state index contributed by atoms with van der Waals surface area (Å²) in [5, 5.41) is 0. The molecule has 0 aromatic rings.